The van der Waals surface area contributed by atoms with Crippen molar-refractivity contribution in [2.75, 3.05) is 17.5 Å². The number of benzene rings is 3. The van der Waals surface area contributed by atoms with Crippen LogP contribution in [0.15, 0.2) is 77.2 Å². The SMILES string of the molecule is CCS(=O)(=O)Nc1cc2oc(-c3ccc(F)cc3)c(C(=O)NC)c2cc1-c1ccc2c(n1)-c1c(F)c3ccccc3n1CO2. The second kappa shape index (κ2) is 10.2. The zero-order chi connectivity index (χ0) is 30.7. The van der Waals surface area contributed by atoms with E-state index in [0.29, 0.717) is 38.9 Å². The second-order valence-electron chi connectivity index (χ2n) is 10.2. The van der Waals surface area contributed by atoms with Crippen LogP contribution in [0.3, 0.4) is 0 Å². The van der Waals surface area contributed by atoms with E-state index in [9.17, 15) is 17.6 Å². The molecule has 0 fully saturated rings. The van der Waals surface area contributed by atoms with Crippen molar-refractivity contribution in [1.82, 2.24) is 14.9 Å². The molecule has 0 aliphatic carbocycles. The Hall–Kier alpha value is -5.23. The molecule has 6 aromatic rings. The molecule has 0 bridgehead atoms. The first kappa shape index (κ1) is 27.6. The molecular formula is C32H24F2N4O5S. The molecule has 0 unspecified atom stereocenters. The van der Waals surface area contributed by atoms with E-state index in [-0.39, 0.29) is 46.5 Å². The van der Waals surface area contributed by atoms with Crippen LogP contribution in [0.1, 0.15) is 17.3 Å². The lowest BCUT2D eigenvalue weighted by molar-refractivity contribution is 0.0964. The monoisotopic (exact) mass is 614 g/mol. The molecule has 7 rings (SSSR count). The maximum atomic E-state index is 15.8. The molecule has 1 aliphatic heterocycles. The highest BCUT2D eigenvalue weighted by atomic mass is 32.2. The lowest BCUT2D eigenvalue weighted by Crippen LogP contribution is -2.18. The number of para-hydroxylation sites is 1. The molecule has 0 radical (unpaired) electrons. The maximum absolute atomic E-state index is 15.8. The zero-order valence-corrected chi connectivity index (χ0v) is 24.3. The molecule has 0 spiro atoms. The van der Waals surface area contributed by atoms with Crippen LogP contribution < -0.4 is 14.8 Å². The third-order valence-electron chi connectivity index (χ3n) is 7.65. The van der Waals surface area contributed by atoms with Crippen molar-refractivity contribution in [1.29, 1.82) is 0 Å². The van der Waals surface area contributed by atoms with Gasteiger partial charge in [-0.2, -0.15) is 0 Å². The number of anilines is 1. The van der Waals surface area contributed by atoms with Gasteiger partial charge in [0.25, 0.3) is 5.91 Å². The molecule has 4 heterocycles. The molecule has 3 aromatic heterocycles. The number of pyridine rings is 1. The first-order chi connectivity index (χ1) is 21.2. The van der Waals surface area contributed by atoms with Crippen LogP contribution in [0.2, 0.25) is 0 Å². The zero-order valence-electron chi connectivity index (χ0n) is 23.4. The summed E-state index contributed by atoms with van der Waals surface area (Å²) in [5, 5.41) is 3.40. The number of nitrogens with zero attached hydrogens (tertiary/aromatic N) is 2. The number of furan rings is 1. The average molecular weight is 615 g/mol. The number of nitrogens with one attached hydrogen (secondary N) is 2. The summed E-state index contributed by atoms with van der Waals surface area (Å²) in [5.74, 6) is -1.02. The Morgan fingerprint density at radius 1 is 1.02 bits per heavy atom. The molecule has 222 valence electrons. The number of carbonyl (C=O) groups is 1. The number of fused-ring (bicyclic) bond motifs is 6. The number of hydrogen-bond donors (Lipinski definition) is 2. The summed E-state index contributed by atoms with van der Waals surface area (Å²) in [6.45, 7) is 1.60. The van der Waals surface area contributed by atoms with Gasteiger partial charge in [-0.05, 0) is 61.5 Å². The molecular weight excluding hydrogens is 590 g/mol. The minimum absolute atomic E-state index is 0.0952. The normalized spacial score (nSPS) is 12.5. The van der Waals surface area contributed by atoms with Crippen LogP contribution in [0.4, 0.5) is 14.5 Å². The molecule has 12 heteroatoms. The number of halogens is 2. The standard InChI is InChI=1S/C32H24F2N4O5S/c1-3-44(40,41)37-23-15-26-21(27(32(39)35-2)31(43-26)17-8-10-18(33)11-9-17)14-20(23)22-12-13-25-29(36-22)30-28(34)19-6-4-5-7-24(19)38(30)16-42-25/h4-15,37H,3,16H2,1-2H3,(H,35,39). The van der Waals surface area contributed by atoms with Crippen molar-refractivity contribution in [3.8, 4) is 39.7 Å². The summed E-state index contributed by atoms with van der Waals surface area (Å²) in [5.41, 5.74) is 2.75. The topological polar surface area (TPSA) is 115 Å². The fourth-order valence-corrected chi connectivity index (χ4v) is 6.13. The van der Waals surface area contributed by atoms with Gasteiger partial charge in [-0.15, -0.1) is 0 Å². The van der Waals surface area contributed by atoms with Gasteiger partial charge in [0, 0.05) is 35.0 Å². The number of rotatable bonds is 6. The van der Waals surface area contributed by atoms with Crippen LogP contribution in [0.5, 0.6) is 5.75 Å². The average Bonchev–Trinajstić information content (AvgIpc) is 3.55. The van der Waals surface area contributed by atoms with Crippen molar-refractivity contribution >= 4 is 43.5 Å². The molecule has 0 saturated carbocycles. The maximum Gasteiger partial charge on any atom is 0.255 e. The Balaban J connectivity index is 1.49. The van der Waals surface area contributed by atoms with Crippen LogP contribution in [-0.4, -0.2) is 36.7 Å². The lowest BCUT2D eigenvalue weighted by atomic mass is 10.0. The molecule has 2 N–H and O–H groups in total. The molecule has 1 amide bonds. The van der Waals surface area contributed by atoms with E-state index in [2.05, 4.69) is 10.0 Å². The number of aromatic nitrogens is 2. The van der Waals surface area contributed by atoms with Gasteiger partial charge < -0.3 is 19.0 Å². The summed E-state index contributed by atoms with van der Waals surface area (Å²) in [4.78, 5) is 18.0. The summed E-state index contributed by atoms with van der Waals surface area (Å²) in [6, 6.07) is 18.9. The Morgan fingerprint density at radius 2 is 1.80 bits per heavy atom. The highest BCUT2D eigenvalue weighted by Crippen LogP contribution is 2.43. The number of hydrogen-bond acceptors (Lipinski definition) is 6. The minimum Gasteiger partial charge on any atom is -0.470 e. The third kappa shape index (κ3) is 4.37. The molecule has 0 atom stereocenters. The predicted octanol–water partition coefficient (Wildman–Crippen LogP) is 6.53. The van der Waals surface area contributed by atoms with Crippen LogP contribution in [0, 0.1) is 11.6 Å². The van der Waals surface area contributed by atoms with Gasteiger partial charge in [-0.1, -0.05) is 12.1 Å². The van der Waals surface area contributed by atoms with Crippen molar-refractivity contribution in [2.24, 2.45) is 0 Å². The van der Waals surface area contributed by atoms with Gasteiger partial charge in [-0.3, -0.25) is 9.52 Å². The van der Waals surface area contributed by atoms with Gasteiger partial charge in [0.2, 0.25) is 10.0 Å². The first-order valence-corrected chi connectivity index (χ1v) is 15.3. The molecule has 9 nitrogen and oxygen atoms in total. The van der Waals surface area contributed by atoms with Gasteiger partial charge in [0.05, 0.1) is 28.2 Å². The third-order valence-corrected chi connectivity index (χ3v) is 8.94. The summed E-state index contributed by atoms with van der Waals surface area (Å²) in [7, 11) is -2.30. The fraction of sp³-hybridized carbons (Fsp3) is 0.125. The van der Waals surface area contributed by atoms with E-state index in [0.717, 1.165) is 0 Å². The fourth-order valence-electron chi connectivity index (χ4n) is 5.48. The van der Waals surface area contributed by atoms with Crippen molar-refractivity contribution in [3.63, 3.8) is 0 Å². The number of sulfonamides is 1. The van der Waals surface area contributed by atoms with Gasteiger partial charge in [0.15, 0.2) is 12.5 Å². The smallest absolute Gasteiger partial charge is 0.255 e. The van der Waals surface area contributed by atoms with Crippen LogP contribution >= 0.6 is 0 Å². The quantitative estimate of drug-likeness (QED) is 0.220. The van der Waals surface area contributed by atoms with Gasteiger partial charge in [0.1, 0.15) is 34.3 Å². The number of carbonyl (C=O) groups excluding carboxylic acids is 1. The minimum atomic E-state index is -3.77. The van der Waals surface area contributed by atoms with E-state index in [1.807, 2.05) is 6.07 Å². The predicted molar refractivity (Wildman–Crippen MR) is 163 cm³/mol. The van der Waals surface area contributed by atoms with E-state index in [1.165, 1.54) is 44.3 Å². The van der Waals surface area contributed by atoms with Gasteiger partial charge in [-0.25, -0.2) is 22.2 Å². The number of ether oxygens (including phenoxy) is 1. The summed E-state index contributed by atoms with van der Waals surface area (Å²) >= 11 is 0. The van der Waals surface area contributed by atoms with Crippen LogP contribution in [-0.2, 0) is 16.8 Å². The molecule has 0 saturated heterocycles. The van der Waals surface area contributed by atoms with E-state index >= 15 is 4.39 Å². The Labute approximate surface area is 250 Å². The molecule has 44 heavy (non-hydrogen) atoms. The Bertz CT molecular complexity index is 2240. The van der Waals surface area contributed by atoms with Crippen molar-refractivity contribution in [3.05, 3.63) is 90.0 Å². The molecule has 1 aliphatic rings. The van der Waals surface area contributed by atoms with E-state index in [4.69, 9.17) is 14.1 Å². The van der Waals surface area contributed by atoms with Crippen molar-refractivity contribution in [2.45, 2.75) is 13.7 Å². The lowest BCUT2D eigenvalue weighted by Gasteiger charge is -2.21. The highest BCUT2D eigenvalue weighted by molar-refractivity contribution is 7.92. The van der Waals surface area contributed by atoms with E-state index in [1.54, 1.807) is 41.0 Å². The summed E-state index contributed by atoms with van der Waals surface area (Å²) in [6.07, 6.45) is 0. The Morgan fingerprint density at radius 3 is 2.55 bits per heavy atom. The van der Waals surface area contributed by atoms with Crippen molar-refractivity contribution < 1.29 is 31.1 Å². The number of amides is 1. The summed E-state index contributed by atoms with van der Waals surface area (Å²) < 4.78 is 71.3. The highest BCUT2D eigenvalue weighted by Gasteiger charge is 2.29. The van der Waals surface area contributed by atoms with Gasteiger partial charge >= 0.3 is 0 Å². The largest absolute Gasteiger partial charge is 0.470 e. The molecule has 3 aromatic carbocycles. The van der Waals surface area contributed by atoms with E-state index < -0.39 is 27.6 Å². The van der Waals surface area contributed by atoms with Crippen LogP contribution in [0.25, 0.3) is 55.8 Å². The Kier molecular flexibility index (Phi) is 6.39. The second-order valence-corrected chi connectivity index (χ2v) is 12.2. The first-order valence-electron chi connectivity index (χ1n) is 13.7.